The quantitative estimate of drug-likeness (QED) is 0.803. The first-order valence-corrected chi connectivity index (χ1v) is 9.64. The molecule has 4 aliphatic rings. The molecule has 0 heterocycles. The van der Waals surface area contributed by atoms with Crippen molar-refractivity contribution in [1.29, 1.82) is 0 Å². The third-order valence-corrected chi connectivity index (χ3v) is 8.51. The van der Waals surface area contributed by atoms with Crippen molar-refractivity contribution in [1.82, 2.24) is 0 Å². The monoisotopic (exact) mass is 320 g/mol. The zero-order valence-electron chi connectivity index (χ0n) is 14.9. The Morgan fingerprint density at radius 3 is 2.57 bits per heavy atom. The molecule has 0 aliphatic heterocycles. The minimum Gasteiger partial charge on any atom is -0.393 e. The number of carbonyl (C=O) groups excluding carboxylic acids is 1. The van der Waals surface area contributed by atoms with Crippen LogP contribution in [-0.4, -0.2) is 30.2 Å². The first-order chi connectivity index (χ1) is 10.9. The highest BCUT2D eigenvalue weighted by atomic mass is 16.5. The largest absolute Gasteiger partial charge is 0.393 e. The first-order valence-electron chi connectivity index (χ1n) is 9.64. The van der Waals surface area contributed by atoms with Gasteiger partial charge in [0.15, 0.2) is 0 Å². The van der Waals surface area contributed by atoms with Gasteiger partial charge in [0.05, 0.1) is 12.2 Å². The van der Waals surface area contributed by atoms with Crippen LogP contribution in [0.3, 0.4) is 0 Å². The van der Waals surface area contributed by atoms with Crippen molar-refractivity contribution in [2.24, 2.45) is 34.5 Å². The highest BCUT2D eigenvalue weighted by Crippen LogP contribution is 2.65. The molecule has 0 aromatic carbocycles. The van der Waals surface area contributed by atoms with E-state index in [2.05, 4.69) is 13.8 Å². The van der Waals surface area contributed by atoms with Gasteiger partial charge in [0.2, 0.25) is 0 Å². The minimum atomic E-state index is -0.154. The molecule has 23 heavy (non-hydrogen) atoms. The van der Waals surface area contributed by atoms with Gasteiger partial charge in [-0.3, -0.25) is 4.79 Å². The molecule has 3 heteroatoms. The lowest BCUT2D eigenvalue weighted by Crippen LogP contribution is -2.59. The fourth-order valence-electron chi connectivity index (χ4n) is 7.42. The van der Waals surface area contributed by atoms with Gasteiger partial charge < -0.3 is 9.84 Å². The minimum absolute atomic E-state index is 0.147. The van der Waals surface area contributed by atoms with Crippen LogP contribution in [0.5, 0.6) is 0 Å². The third-order valence-electron chi connectivity index (χ3n) is 8.51. The van der Waals surface area contributed by atoms with Gasteiger partial charge in [0, 0.05) is 18.9 Å². The van der Waals surface area contributed by atoms with Crippen LogP contribution in [-0.2, 0) is 9.53 Å². The Bertz CT molecular complexity index is 503. The molecule has 0 radical (unpaired) electrons. The summed E-state index contributed by atoms with van der Waals surface area (Å²) in [6.07, 6.45) is 8.37. The molecule has 0 aromatic heterocycles. The molecule has 4 rings (SSSR count). The van der Waals surface area contributed by atoms with E-state index in [1.54, 1.807) is 0 Å². The summed E-state index contributed by atoms with van der Waals surface area (Å²) in [6, 6.07) is 0. The number of carbonyl (C=O) groups is 1. The highest BCUT2D eigenvalue weighted by molar-refractivity contribution is 5.87. The van der Waals surface area contributed by atoms with Crippen LogP contribution in [0.2, 0.25) is 0 Å². The molecule has 0 aromatic rings. The Labute approximate surface area is 140 Å². The average molecular weight is 320 g/mol. The van der Waals surface area contributed by atoms with Crippen LogP contribution in [0.15, 0.2) is 0 Å². The first kappa shape index (κ1) is 16.1. The normalized spacial score (nSPS) is 55.9. The number of ketones is 1. The lowest BCUT2D eigenvalue weighted by molar-refractivity contribution is -0.184. The predicted octanol–water partition coefficient (Wildman–Crippen LogP) is 3.58. The summed E-state index contributed by atoms with van der Waals surface area (Å²) in [5.41, 5.74) is 0.0343. The number of ether oxygens (including phenoxy) is 1. The lowest BCUT2D eigenvalue weighted by atomic mass is 9.44. The summed E-state index contributed by atoms with van der Waals surface area (Å²) >= 11 is 0. The number of fused-ring (bicyclic) bond motifs is 5. The topological polar surface area (TPSA) is 46.5 Å². The number of aliphatic hydroxyl groups excluding tert-OH is 1. The Morgan fingerprint density at radius 2 is 1.83 bits per heavy atom. The summed E-state index contributed by atoms with van der Waals surface area (Å²) in [5.74, 6) is 2.87. The zero-order chi connectivity index (χ0) is 16.4. The maximum atomic E-state index is 12.6. The van der Waals surface area contributed by atoms with E-state index in [0.29, 0.717) is 23.5 Å². The molecule has 1 N–H and O–H groups in total. The van der Waals surface area contributed by atoms with Gasteiger partial charge >= 0.3 is 0 Å². The summed E-state index contributed by atoms with van der Waals surface area (Å²) in [5, 5.41) is 10.3. The number of rotatable bonds is 1. The number of Topliss-reactive ketones (excluding diaryl/α,β-unsaturated/α-hetero) is 1. The Balaban J connectivity index is 1.73. The molecule has 4 fully saturated rings. The second kappa shape index (κ2) is 5.29. The second-order valence-electron chi connectivity index (χ2n) is 9.37. The van der Waals surface area contributed by atoms with Gasteiger partial charge in [-0.05, 0) is 74.0 Å². The summed E-state index contributed by atoms with van der Waals surface area (Å²) in [6.45, 7) is 4.63. The van der Waals surface area contributed by atoms with Crippen LogP contribution >= 0.6 is 0 Å². The maximum Gasteiger partial charge on any atom is 0.139 e. The van der Waals surface area contributed by atoms with E-state index in [0.717, 1.165) is 44.4 Å². The average Bonchev–Trinajstić information content (AvgIpc) is 2.81. The predicted molar refractivity (Wildman–Crippen MR) is 88.9 cm³/mol. The van der Waals surface area contributed by atoms with E-state index in [9.17, 15) is 9.90 Å². The molecule has 4 aliphatic carbocycles. The van der Waals surface area contributed by atoms with E-state index in [1.165, 1.54) is 12.8 Å². The standard InChI is InChI=1S/C20H32O3/c1-19-10-13(21)6-4-12(19)5-7-14-15-8-9-17(22)20(15,2)11-16(23-3)18(14)19/h12-16,18,21H,4-11H2,1-3H3/t12-,13+,14+,15+,16+,18-,19+,20+/m1/s1. The Hall–Kier alpha value is -0.410. The zero-order valence-corrected chi connectivity index (χ0v) is 14.9. The number of hydrogen-bond donors (Lipinski definition) is 1. The van der Waals surface area contributed by atoms with E-state index >= 15 is 0 Å². The highest BCUT2D eigenvalue weighted by Gasteiger charge is 2.63. The fourth-order valence-corrected chi connectivity index (χ4v) is 7.42. The number of hydrogen-bond acceptors (Lipinski definition) is 3. The molecule has 0 saturated heterocycles. The van der Waals surface area contributed by atoms with Crippen molar-refractivity contribution in [3.63, 3.8) is 0 Å². The molecular weight excluding hydrogens is 288 g/mol. The van der Waals surface area contributed by atoms with E-state index in [4.69, 9.17) is 4.74 Å². The van der Waals surface area contributed by atoms with E-state index in [-0.39, 0.29) is 23.0 Å². The van der Waals surface area contributed by atoms with Crippen molar-refractivity contribution in [2.45, 2.75) is 77.4 Å². The van der Waals surface area contributed by atoms with Gasteiger partial charge in [-0.15, -0.1) is 0 Å². The molecule has 0 amide bonds. The van der Waals surface area contributed by atoms with Gasteiger partial charge in [-0.25, -0.2) is 0 Å². The molecule has 0 spiro atoms. The smallest absolute Gasteiger partial charge is 0.139 e. The maximum absolute atomic E-state index is 12.6. The Kier molecular flexibility index (Phi) is 3.70. The van der Waals surface area contributed by atoms with Crippen molar-refractivity contribution in [3.05, 3.63) is 0 Å². The SMILES string of the molecule is CO[C@H]1C[C@]2(C)C(=O)CC[C@H]2[C@@H]2CC[C@H]3CC[C@H](O)C[C@]3(C)[C@H]21. The fraction of sp³-hybridized carbons (Fsp3) is 0.950. The van der Waals surface area contributed by atoms with Crippen LogP contribution in [0, 0.1) is 34.5 Å². The summed E-state index contributed by atoms with van der Waals surface area (Å²) in [7, 11) is 1.83. The van der Waals surface area contributed by atoms with Crippen LogP contribution in [0.25, 0.3) is 0 Å². The van der Waals surface area contributed by atoms with Crippen molar-refractivity contribution >= 4 is 5.78 Å². The summed E-state index contributed by atoms with van der Waals surface area (Å²) < 4.78 is 6.00. The third kappa shape index (κ3) is 2.12. The Morgan fingerprint density at radius 1 is 1.09 bits per heavy atom. The van der Waals surface area contributed by atoms with E-state index < -0.39 is 0 Å². The second-order valence-corrected chi connectivity index (χ2v) is 9.37. The van der Waals surface area contributed by atoms with Crippen molar-refractivity contribution in [3.8, 4) is 0 Å². The van der Waals surface area contributed by atoms with Crippen LogP contribution < -0.4 is 0 Å². The summed E-state index contributed by atoms with van der Waals surface area (Å²) in [4.78, 5) is 12.6. The lowest BCUT2D eigenvalue weighted by Gasteiger charge is -2.62. The molecule has 0 unspecified atom stereocenters. The van der Waals surface area contributed by atoms with Crippen LogP contribution in [0.1, 0.15) is 65.2 Å². The van der Waals surface area contributed by atoms with E-state index in [1.807, 2.05) is 7.11 Å². The molecule has 4 saturated carbocycles. The number of methoxy groups -OCH3 is 1. The molecule has 0 bridgehead atoms. The molecular formula is C20H32O3. The van der Waals surface area contributed by atoms with Crippen molar-refractivity contribution in [2.75, 3.05) is 7.11 Å². The molecule has 130 valence electrons. The van der Waals surface area contributed by atoms with Crippen molar-refractivity contribution < 1.29 is 14.6 Å². The van der Waals surface area contributed by atoms with Gasteiger partial charge in [-0.1, -0.05) is 13.8 Å². The number of aliphatic hydroxyl groups is 1. The van der Waals surface area contributed by atoms with Gasteiger partial charge in [0.1, 0.15) is 5.78 Å². The van der Waals surface area contributed by atoms with Gasteiger partial charge in [-0.2, -0.15) is 0 Å². The van der Waals surface area contributed by atoms with Crippen LogP contribution in [0.4, 0.5) is 0 Å². The molecule has 8 atom stereocenters. The molecule has 3 nitrogen and oxygen atoms in total. The van der Waals surface area contributed by atoms with Gasteiger partial charge in [0.25, 0.3) is 0 Å².